The van der Waals surface area contributed by atoms with Crippen LogP contribution in [0.25, 0.3) is 0 Å². The maximum Gasteiger partial charge on any atom is 0.229 e. The van der Waals surface area contributed by atoms with Gasteiger partial charge in [-0.05, 0) is 43.4 Å². The second kappa shape index (κ2) is 5.20. The Morgan fingerprint density at radius 3 is 2.33 bits per heavy atom. The topological polar surface area (TPSA) is 46.3 Å². The van der Waals surface area contributed by atoms with Crippen molar-refractivity contribution in [2.45, 2.75) is 52.4 Å². The first-order valence-electron chi connectivity index (χ1n) is 7.42. The molecule has 0 aliphatic heterocycles. The fourth-order valence-corrected chi connectivity index (χ4v) is 4.44. The Hall–Kier alpha value is -0.570. The van der Waals surface area contributed by atoms with E-state index in [1.54, 1.807) is 4.90 Å². The van der Waals surface area contributed by atoms with Gasteiger partial charge in [0.1, 0.15) is 0 Å². The Labute approximate surface area is 111 Å². The monoisotopic (exact) mass is 252 g/mol. The van der Waals surface area contributed by atoms with Crippen molar-refractivity contribution in [3.63, 3.8) is 0 Å². The summed E-state index contributed by atoms with van der Waals surface area (Å²) in [7, 11) is 1.85. The first-order chi connectivity index (χ1) is 8.47. The van der Waals surface area contributed by atoms with E-state index in [4.69, 9.17) is 5.73 Å². The number of carbonyl (C=O) groups excluding carboxylic acids is 1. The number of carbonyl (C=O) groups is 1. The molecule has 3 nitrogen and oxygen atoms in total. The van der Waals surface area contributed by atoms with E-state index in [1.807, 2.05) is 7.05 Å². The standard InChI is InChI=1S/C15H28N2O/c1-11(2)7-15(14(18)17(3)10-16)8-12-4-5-13(6-12)9-15/h11-13H,4-10,16H2,1-3H3/t12-,13+,15?. The van der Waals surface area contributed by atoms with Crippen LogP contribution in [0.3, 0.4) is 0 Å². The van der Waals surface area contributed by atoms with Gasteiger partial charge in [0.15, 0.2) is 0 Å². The van der Waals surface area contributed by atoms with Crippen LogP contribution in [0.1, 0.15) is 52.4 Å². The lowest BCUT2D eigenvalue weighted by Gasteiger charge is -2.42. The molecule has 2 bridgehead atoms. The third-order valence-corrected chi connectivity index (χ3v) is 4.88. The van der Waals surface area contributed by atoms with Gasteiger partial charge in [-0.1, -0.05) is 26.7 Å². The smallest absolute Gasteiger partial charge is 0.229 e. The van der Waals surface area contributed by atoms with Gasteiger partial charge in [0.25, 0.3) is 0 Å². The Morgan fingerprint density at radius 1 is 1.33 bits per heavy atom. The molecule has 3 atom stereocenters. The average molecular weight is 252 g/mol. The highest BCUT2D eigenvalue weighted by Crippen LogP contribution is 2.53. The fourth-order valence-electron chi connectivity index (χ4n) is 4.44. The minimum atomic E-state index is -0.105. The van der Waals surface area contributed by atoms with Crippen molar-refractivity contribution in [2.75, 3.05) is 13.7 Å². The Morgan fingerprint density at radius 2 is 1.89 bits per heavy atom. The van der Waals surface area contributed by atoms with Crippen LogP contribution in [0.5, 0.6) is 0 Å². The molecule has 0 radical (unpaired) electrons. The van der Waals surface area contributed by atoms with Gasteiger partial charge in [0.05, 0.1) is 12.1 Å². The Bertz CT molecular complexity index is 302. The molecule has 2 aliphatic carbocycles. The predicted octanol–water partition coefficient (Wildman–Crippen LogP) is 2.60. The summed E-state index contributed by atoms with van der Waals surface area (Å²) in [6, 6.07) is 0. The summed E-state index contributed by atoms with van der Waals surface area (Å²) in [5.41, 5.74) is 5.55. The molecule has 0 aromatic rings. The zero-order valence-corrected chi connectivity index (χ0v) is 12.1. The van der Waals surface area contributed by atoms with Gasteiger partial charge in [-0.2, -0.15) is 0 Å². The summed E-state index contributed by atoms with van der Waals surface area (Å²) in [4.78, 5) is 14.5. The molecule has 2 rings (SSSR count). The molecule has 2 saturated carbocycles. The molecular weight excluding hydrogens is 224 g/mol. The van der Waals surface area contributed by atoms with Crippen molar-refractivity contribution in [2.24, 2.45) is 28.9 Å². The van der Waals surface area contributed by atoms with Crippen LogP contribution < -0.4 is 5.73 Å². The van der Waals surface area contributed by atoms with E-state index < -0.39 is 0 Å². The third-order valence-electron chi connectivity index (χ3n) is 4.88. The quantitative estimate of drug-likeness (QED) is 0.782. The van der Waals surface area contributed by atoms with E-state index in [-0.39, 0.29) is 5.41 Å². The summed E-state index contributed by atoms with van der Waals surface area (Å²) in [5, 5.41) is 0. The summed E-state index contributed by atoms with van der Waals surface area (Å²) < 4.78 is 0. The molecule has 0 saturated heterocycles. The molecule has 0 aromatic heterocycles. The van der Waals surface area contributed by atoms with E-state index in [2.05, 4.69) is 13.8 Å². The average Bonchev–Trinajstić information content (AvgIpc) is 2.66. The molecule has 18 heavy (non-hydrogen) atoms. The molecule has 0 aromatic carbocycles. The van der Waals surface area contributed by atoms with E-state index in [1.165, 1.54) is 19.3 Å². The van der Waals surface area contributed by atoms with Crippen LogP contribution in [-0.2, 0) is 4.79 Å². The molecule has 0 heterocycles. The van der Waals surface area contributed by atoms with Gasteiger partial charge < -0.3 is 10.6 Å². The van der Waals surface area contributed by atoms with Crippen molar-refractivity contribution in [3.8, 4) is 0 Å². The van der Waals surface area contributed by atoms with E-state index in [0.29, 0.717) is 18.5 Å². The van der Waals surface area contributed by atoms with Crippen molar-refractivity contribution < 1.29 is 4.79 Å². The molecule has 2 aliphatic rings. The van der Waals surface area contributed by atoms with Gasteiger partial charge in [-0.25, -0.2) is 0 Å². The number of nitrogens with two attached hydrogens (primary N) is 1. The van der Waals surface area contributed by atoms with Crippen LogP contribution in [0.4, 0.5) is 0 Å². The van der Waals surface area contributed by atoms with Crippen LogP contribution >= 0.6 is 0 Å². The van der Waals surface area contributed by atoms with Crippen molar-refractivity contribution in [1.29, 1.82) is 0 Å². The highest BCUT2D eigenvalue weighted by molar-refractivity contribution is 5.82. The van der Waals surface area contributed by atoms with Crippen molar-refractivity contribution in [3.05, 3.63) is 0 Å². The third kappa shape index (κ3) is 2.56. The fraction of sp³-hybridized carbons (Fsp3) is 0.933. The van der Waals surface area contributed by atoms with Crippen LogP contribution in [0, 0.1) is 23.2 Å². The summed E-state index contributed by atoms with van der Waals surface area (Å²) in [5.74, 6) is 2.46. The molecular formula is C15H28N2O. The maximum atomic E-state index is 12.8. The summed E-state index contributed by atoms with van der Waals surface area (Å²) in [6.07, 6.45) is 7.27. The number of amides is 1. The lowest BCUT2D eigenvalue weighted by molar-refractivity contribution is -0.145. The highest BCUT2D eigenvalue weighted by atomic mass is 16.2. The molecule has 2 fully saturated rings. The maximum absolute atomic E-state index is 12.8. The van der Waals surface area contributed by atoms with Gasteiger partial charge in [-0.15, -0.1) is 0 Å². The number of hydrogen-bond donors (Lipinski definition) is 1. The number of rotatable bonds is 4. The van der Waals surface area contributed by atoms with Gasteiger partial charge >= 0.3 is 0 Å². The molecule has 1 amide bonds. The Balaban J connectivity index is 2.20. The van der Waals surface area contributed by atoms with E-state index in [0.717, 1.165) is 31.1 Å². The largest absolute Gasteiger partial charge is 0.333 e. The zero-order chi connectivity index (χ0) is 13.3. The second-order valence-electron chi connectivity index (χ2n) is 7.02. The molecule has 0 spiro atoms. The predicted molar refractivity (Wildman–Crippen MR) is 73.8 cm³/mol. The van der Waals surface area contributed by atoms with Crippen LogP contribution in [0.2, 0.25) is 0 Å². The highest BCUT2D eigenvalue weighted by Gasteiger charge is 2.49. The molecule has 1 unspecified atom stereocenters. The zero-order valence-electron chi connectivity index (χ0n) is 12.1. The van der Waals surface area contributed by atoms with Gasteiger partial charge in [-0.3, -0.25) is 4.79 Å². The number of hydrogen-bond acceptors (Lipinski definition) is 2. The SMILES string of the molecule is CC(C)CC1(C(=O)N(C)CN)C[C@@H]2CC[C@@H](C2)C1. The van der Waals surface area contributed by atoms with Gasteiger partial charge in [0, 0.05) is 7.05 Å². The van der Waals surface area contributed by atoms with E-state index in [9.17, 15) is 4.79 Å². The van der Waals surface area contributed by atoms with Crippen molar-refractivity contribution in [1.82, 2.24) is 4.90 Å². The lowest BCUT2D eigenvalue weighted by Crippen LogP contribution is -2.47. The van der Waals surface area contributed by atoms with Crippen LogP contribution in [-0.4, -0.2) is 24.5 Å². The van der Waals surface area contributed by atoms with Crippen molar-refractivity contribution >= 4 is 5.91 Å². The van der Waals surface area contributed by atoms with E-state index >= 15 is 0 Å². The van der Waals surface area contributed by atoms with Crippen LogP contribution in [0.15, 0.2) is 0 Å². The molecule has 104 valence electrons. The Kier molecular flexibility index (Phi) is 4.00. The molecule has 2 N–H and O–H groups in total. The van der Waals surface area contributed by atoms with Gasteiger partial charge in [0.2, 0.25) is 5.91 Å². The minimum absolute atomic E-state index is 0.105. The number of fused-ring (bicyclic) bond motifs is 2. The first-order valence-corrected chi connectivity index (χ1v) is 7.42. The molecule has 3 heteroatoms. The number of nitrogens with zero attached hydrogens (tertiary/aromatic N) is 1. The minimum Gasteiger partial charge on any atom is -0.333 e. The first kappa shape index (κ1) is 13.9. The normalized spacial score (nSPS) is 34.9. The second-order valence-corrected chi connectivity index (χ2v) is 7.02. The summed E-state index contributed by atoms with van der Waals surface area (Å²) in [6.45, 7) is 4.80. The lowest BCUT2D eigenvalue weighted by atomic mass is 9.64. The summed E-state index contributed by atoms with van der Waals surface area (Å²) >= 11 is 0.